The van der Waals surface area contributed by atoms with Gasteiger partial charge in [0.25, 0.3) is 5.91 Å². The van der Waals surface area contributed by atoms with E-state index in [0.29, 0.717) is 25.1 Å². The molecule has 2 fully saturated rings. The zero-order chi connectivity index (χ0) is 23.3. The normalized spacial score (nSPS) is 22.2. The molecular formula is C22H18F5N5O. The van der Waals surface area contributed by atoms with Crippen molar-refractivity contribution in [3.05, 3.63) is 71.3 Å². The van der Waals surface area contributed by atoms with Gasteiger partial charge in [0.2, 0.25) is 0 Å². The van der Waals surface area contributed by atoms with Crippen LogP contribution in [-0.4, -0.2) is 42.9 Å². The molecule has 3 unspecified atom stereocenters. The second-order valence-electron chi connectivity index (χ2n) is 8.32. The van der Waals surface area contributed by atoms with Crippen LogP contribution in [0.3, 0.4) is 0 Å². The van der Waals surface area contributed by atoms with E-state index in [1.807, 2.05) is 0 Å². The number of amides is 1. The molecule has 2 aromatic heterocycles. The number of carbonyl (C=O) groups is 1. The Bertz CT molecular complexity index is 1200. The van der Waals surface area contributed by atoms with Gasteiger partial charge in [0.15, 0.2) is 5.82 Å². The van der Waals surface area contributed by atoms with Crippen molar-refractivity contribution in [2.24, 2.45) is 5.92 Å². The van der Waals surface area contributed by atoms with E-state index in [0.717, 1.165) is 11.2 Å². The summed E-state index contributed by atoms with van der Waals surface area (Å²) in [4.78, 5) is 19.9. The lowest BCUT2D eigenvalue weighted by Crippen LogP contribution is -2.37. The Hall–Kier alpha value is -3.37. The maximum atomic E-state index is 14.6. The predicted octanol–water partition coefficient (Wildman–Crippen LogP) is 4.20. The van der Waals surface area contributed by atoms with Gasteiger partial charge in [-0.25, -0.2) is 8.78 Å². The third kappa shape index (κ3) is 3.75. The molecule has 5 rings (SSSR count). The number of halogens is 5. The van der Waals surface area contributed by atoms with Crippen LogP contribution >= 0.6 is 0 Å². The lowest BCUT2D eigenvalue weighted by atomic mass is 9.85. The molecule has 1 amide bonds. The van der Waals surface area contributed by atoms with Crippen LogP contribution in [0.1, 0.15) is 40.9 Å². The minimum atomic E-state index is -4.67. The number of alkyl halides is 3. The molecule has 172 valence electrons. The number of aromatic nitrogens is 4. The molecule has 0 saturated carbocycles. The summed E-state index contributed by atoms with van der Waals surface area (Å²) in [7, 11) is 0. The van der Waals surface area contributed by atoms with Crippen molar-refractivity contribution in [1.82, 2.24) is 24.9 Å². The predicted molar refractivity (Wildman–Crippen MR) is 105 cm³/mol. The van der Waals surface area contributed by atoms with Crippen molar-refractivity contribution in [1.29, 1.82) is 0 Å². The van der Waals surface area contributed by atoms with E-state index >= 15 is 0 Å². The van der Waals surface area contributed by atoms with Crippen LogP contribution in [0.25, 0.3) is 5.69 Å². The van der Waals surface area contributed by atoms with Gasteiger partial charge in [-0.05, 0) is 49.8 Å². The third-order valence-corrected chi connectivity index (χ3v) is 6.44. The number of rotatable bonds is 4. The molecular weight excluding hydrogens is 445 g/mol. The van der Waals surface area contributed by atoms with Gasteiger partial charge in [0.05, 0.1) is 29.2 Å². The van der Waals surface area contributed by atoms with Gasteiger partial charge < -0.3 is 4.90 Å². The van der Waals surface area contributed by atoms with Gasteiger partial charge >= 0.3 is 6.18 Å². The monoisotopic (exact) mass is 463 g/mol. The first-order chi connectivity index (χ1) is 15.7. The molecule has 3 atom stereocenters. The average molecular weight is 463 g/mol. The summed E-state index contributed by atoms with van der Waals surface area (Å²) in [5, 5.41) is 7.88. The number of hydrogen-bond acceptors (Lipinski definition) is 4. The summed E-state index contributed by atoms with van der Waals surface area (Å²) < 4.78 is 67.4. The molecule has 2 bridgehead atoms. The van der Waals surface area contributed by atoms with Crippen molar-refractivity contribution in [2.45, 2.75) is 43.9 Å². The maximum Gasteiger partial charge on any atom is 0.417 e. The summed E-state index contributed by atoms with van der Waals surface area (Å²) in [5.74, 6) is -2.19. The Kier molecular flexibility index (Phi) is 5.13. The lowest BCUT2D eigenvalue weighted by Gasteiger charge is -2.25. The zero-order valence-electron chi connectivity index (χ0n) is 17.1. The van der Waals surface area contributed by atoms with Crippen LogP contribution in [0.5, 0.6) is 0 Å². The van der Waals surface area contributed by atoms with Gasteiger partial charge in [-0.3, -0.25) is 9.78 Å². The minimum Gasteiger partial charge on any atom is -0.332 e. The first kappa shape index (κ1) is 21.5. The quantitative estimate of drug-likeness (QED) is 0.545. The second-order valence-corrected chi connectivity index (χ2v) is 8.32. The fourth-order valence-electron chi connectivity index (χ4n) is 5.03. The summed E-state index contributed by atoms with van der Waals surface area (Å²) >= 11 is 0. The Balaban J connectivity index is 1.40. The highest BCUT2D eigenvalue weighted by atomic mass is 19.4. The Morgan fingerprint density at radius 2 is 1.85 bits per heavy atom. The Morgan fingerprint density at radius 1 is 1.09 bits per heavy atom. The van der Waals surface area contributed by atoms with Crippen LogP contribution in [0.15, 0.2) is 42.9 Å². The van der Waals surface area contributed by atoms with Gasteiger partial charge in [0.1, 0.15) is 11.5 Å². The highest BCUT2D eigenvalue weighted by Crippen LogP contribution is 2.44. The van der Waals surface area contributed by atoms with E-state index in [2.05, 4.69) is 15.2 Å². The Labute approximate surface area is 185 Å². The van der Waals surface area contributed by atoms with Crippen molar-refractivity contribution in [3.8, 4) is 5.69 Å². The number of benzene rings is 1. The molecule has 2 saturated heterocycles. The number of nitrogens with zero attached hydrogens (tertiary/aromatic N) is 5. The maximum absolute atomic E-state index is 14.6. The molecule has 4 heterocycles. The minimum absolute atomic E-state index is 0.0502. The van der Waals surface area contributed by atoms with Crippen LogP contribution in [0, 0.1) is 17.6 Å². The number of fused-ring (bicyclic) bond motifs is 2. The van der Waals surface area contributed by atoms with Crippen LogP contribution in [-0.2, 0) is 12.6 Å². The van der Waals surface area contributed by atoms with Crippen LogP contribution in [0.4, 0.5) is 22.0 Å². The molecule has 1 aromatic carbocycles. The summed E-state index contributed by atoms with van der Waals surface area (Å²) in [6.45, 7) is 0. The molecule has 0 spiro atoms. The number of carbonyl (C=O) groups excluding carboxylic acids is 1. The van der Waals surface area contributed by atoms with Gasteiger partial charge in [-0.2, -0.15) is 23.4 Å². The van der Waals surface area contributed by atoms with Gasteiger partial charge in [-0.1, -0.05) is 6.07 Å². The zero-order valence-corrected chi connectivity index (χ0v) is 17.1. The van der Waals surface area contributed by atoms with E-state index < -0.39 is 23.4 Å². The molecule has 0 aliphatic carbocycles. The first-order valence-corrected chi connectivity index (χ1v) is 10.4. The van der Waals surface area contributed by atoms with Crippen molar-refractivity contribution >= 4 is 5.91 Å². The summed E-state index contributed by atoms with van der Waals surface area (Å²) in [5.41, 5.74) is -1.13. The molecule has 0 N–H and O–H groups in total. The topological polar surface area (TPSA) is 63.9 Å². The van der Waals surface area contributed by atoms with Crippen LogP contribution in [0.2, 0.25) is 0 Å². The number of pyridine rings is 1. The second kappa shape index (κ2) is 7.89. The standard InChI is InChI=1S/C22H18F5N5O/c23-16-3-1-2-15(20(16)32-29-6-7-30-32)21(33)31-14-4-5-19(31)12(8-14)9-18-17(24)10-13(11-28-18)22(25,26)27/h1-3,6-7,10-12,14,19H,4-5,8-9H2. The highest BCUT2D eigenvalue weighted by molar-refractivity contribution is 5.98. The highest BCUT2D eigenvalue weighted by Gasteiger charge is 2.49. The molecule has 2 aliphatic heterocycles. The SMILES string of the molecule is O=C(c1cccc(F)c1-n1nccn1)N1C2CCC1C(Cc1ncc(C(F)(F)F)cc1F)C2. The van der Waals surface area contributed by atoms with Crippen molar-refractivity contribution in [2.75, 3.05) is 0 Å². The molecule has 2 aliphatic rings. The first-order valence-electron chi connectivity index (χ1n) is 10.4. The summed E-state index contributed by atoms with van der Waals surface area (Å²) in [6.07, 6.45) is 0.825. The summed E-state index contributed by atoms with van der Waals surface area (Å²) in [6, 6.07) is 4.25. The molecule has 11 heteroatoms. The number of hydrogen-bond donors (Lipinski definition) is 0. The van der Waals surface area contributed by atoms with Gasteiger partial charge in [-0.15, -0.1) is 4.80 Å². The fourth-order valence-corrected chi connectivity index (χ4v) is 5.03. The molecule has 33 heavy (non-hydrogen) atoms. The molecule has 3 aromatic rings. The van der Waals surface area contributed by atoms with E-state index in [9.17, 15) is 26.7 Å². The van der Waals surface area contributed by atoms with E-state index in [4.69, 9.17) is 0 Å². The molecule has 6 nitrogen and oxygen atoms in total. The van der Waals surface area contributed by atoms with Crippen LogP contribution < -0.4 is 0 Å². The third-order valence-electron chi connectivity index (χ3n) is 6.44. The van der Waals surface area contributed by atoms with E-state index in [1.54, 1.807) is 4.90 Å². The van der Waals surface area contributed by atoms with Crippen molar-refractivity contribution in [3.63, 3.8) is 0 Å². The largest absolute Gasteiger partial charge is 0.417 e. The average Bonchev–Trinajstić information content (AvgIpc) is 3.50. The molecule has 0 radical (unpaired) electrons. The van der Waals surface area contributed by atoms with E-state index in [1.165, 1.54) is 30.6 Å². The number of para-hydroxylation sites is 1. The fraction of sp³-hybridized carbons (Fsp3) is 0.364. The van der Waals surface area contributed by atoms with Crippen molar-refractivity contribution < 1.29 is 26.7 Å². The lowest BCUT2D eigenvalue weighted by molar-refractivity contribution is -0.138. The smallest absolute Gasteiger partial charge is 0.332 e. The van der Waals surface area contributed by atoms with Gasteiger partial charge in [0, 0.05) is 18.3 Å². The Morgan fingerprint density at radius 3 is 2.55 bits per heavy atom. The van der Waals surface area contributed by atoms with E-state index in [-0.39, 0.29) is 47.3 Å².